The van der Waals surface area contributed by atoms with Crippen molar-refractivity contribution in [1.82, 2.24) is 9.71 Å². The number of hydrogen-bond donors (Lipinski definition) is 0. The van der Waals surface area contributed by atoms with Gasteiger partial charge in [0.2, 0.25) is 0 Å². The molecule has 0 aromatic carbocycles. The third-order valence-electron chi connectivity index (χ3n) is 2.50. The van der Waals surface area contributed by atoms with Crippen LogP contribution in [0.3, 0.4) is 0 Å². The van der Waals surface area contributed by atoms with Crippen LogP contribution < -0.4 is 4.84 Å². The molecule has 0 amide bonds. The number of pyridine rings is 1. The van der Waals surface area contributed by atoms with Crippen LogP contribution in [0.4, 0.5) is 0 Å². The fourth-order valence-corrected chi connectivity index (χ4v) is 2.20. The SMILES string of the molecule is C[Si](C)(C)CCOn1ccc2cccnc21. The van der Waals surface area contributed by atoms with Crippen molar-refractivity contribution in [3.63, 3.8) is 0 Å². The van der Waals surface area contributed by atoms with Gasteiger partial charge in [-0.15, -0.1) is 0 Å². The van der Waals surface area contributed by atoms with Crippen molar-refractivity contribution >= 4 is 19.1 Å². The third-order valence-corrected chi connectivity index (χ3v) is 4.20. The minimum absolute atomic E-state index is 0.774. The van der Waals surface area contributed by atoms with Gasteiger partial charge in [0.05, 0.1) is 0 Å². The highest BCUT2D eigenvalue weighted by Crippen LogP contribution is 2.12. The van der Waals surface area contributed by atoms with Gasteiger partial charge in [0, 0.05) is 25.9 Å². The van der Waals surface area contributed by atoms with Gasteiger partial charge in [0.25, 0.3) is 0 Å². The molecule has 86 valence electrons. The molecule has 2 aromatic heterocycles. The largest absolute Gasteiger partial charge is 0.413 e. The summed E-state index contributed by atoms with van der Waals surface area (Å²) in [7, 11) is -1.02. The molecule has 2 aromatic rings. The number of fused-ring (bicyclic) bond motifs is 1. The van der Waals surface area contributed by atoms with Crippen LogP contribution in [0, 0.1) is 0 Å². The lowest BCUT2D eigenvalue weighted by atomic mass is 10.3. The Kier molecular flexibility index (Phi) is 3.00. The first kappa shape index (κ1) is 11.2. The molecule has 0 fully saturated rings. The Hall–Kier alpha value is -1.29. The van der Waals surface area contributed by atoms with Gasteiger partial charge in [-0.25, -0.2) is 4.98 Å². The fourth-order valence-electron chi connectivity index (χ4n) is 1.50. The lowest BCUT2D eigenvalue weighted by Crippen LogP contribution is -2.25. The summed E-state index contributed by atoms with van der Waals surface area (Å²) in [6.07, 6.45) is 3.72. The van der Waals surface area contributed by atoms with E-state index in [1.807, 2.05) is 24.4 Å². The van der Waals surface area contributed by atoms with Crippen molar-refractivity contribution in [3.8, 4) is 0 Å². The van der Waals surface area contributed by atoms with Crippen molar-refractivity contribution in [1.29, 1.82) is 0 Å². The van der Waals surface area contributed by atoms with Crippen molar-refractivity contribution < 1.29 is 4.84 Å². The van der Waals surface area contributed by atoms with Crippen molar-refractivity contribution in [3.05, 3.63) is 30.6 Å². The zero-order chi connectivity index (χ0) is 11.6. The molecular weight excluding hydrogens is 216 g/mol. The van der Waals surface area contributed by atoms with E-state index in [4.69, 9.17) is 4.84 Å². The first-order valence-electron chi connectivity index (χ1n) is 5.62. The van der Waals surface area contributed by atoms with Gasteiger partial charge in [0.15, 0.2) is 5.65 Å². The highest BCUT2D eigenvalue weighted by Gasteiger charge is 2.13. The first-order valence-corrected chi connectivity index (χ1v) is 9.32. The molecule has 0 aliphatic heterocycles. The van der Waals surface area contributed by atoms with E-state index in [2.05, 4.69) is 24.6 Å². The maximum atomic E-state index is 5.72. The maximum absolute atomic E-state index is 5.72. The Morgan fingerprint density at radius 1 is 1.31 bits per heavy atom. The summed E-state index contributed by atoms with van der Waals surface area (Å²) in [5.41, 5.74) is 0.901. The topological polar surface area (TPSA) is 27.1 Å². The molecular formula is C12H18N2OSi. The zero-order valence-corrected chi connectivity index (χ0v) is 11.1. The quantitative estimate of drug-likeness (QED) is 0.761. The molecule has 2 heterocycles. The van der Waals surface area contributed by atoms with Crippen LogP contribution in [0.25, 0.3) is 11.0 Å². The molecule has 3 nitrogen and oxygen atoms in total. The summed E-state index contributed by atoms with van der Waals surface area (Å²) in [5, 5.41) is 1.12. The van der Waals surface area contributed by atoms with Gasteiger partial charge >= 0.3 is 0 Å². The molecule has 0 aliphatic carbocycles. The van der Waals surface area contributed by atoms with Gasteiger partial charge in [-0.1, -0.05) is 19.6 Å². The Balaban J connectivity index is 2.05. The highest BCUT2D eigenvalue weighted by molar-refractivity contribution is 6.76. The van der Waals surface area contributed by atoms with Crippen LogP contribution in [0.1, 0.15) is 0 Å². The minimum atomic E-state index is -1.02. The van der Waals surface area contributed by atoms with E-state index >= 15 is 0 Å². The number of hydrogen-bond acceptors (Lipinski definition) is 2. The normalized spacial score (nSPS) is 11.9. The summed E-state index contributed by atoms with van der Waals surface area (Å²) < 4.78 is 1.77. The van der Waals surface area contributed by atoms with Gasteiger partial charge in [-0.05, 0) is 24.2 Å². The molecule has 4 heteroatoms. The lowest BCUT2D eigenvalue weighted by Gasteiger charge is -2.16. The van der Waals surface area contributed by atoms with E-state index in [0.29, 0.717) is 0 Å². The van der Waals surface area contributed by atoms with Crippen LogP contribution in [-0.2, 0) is 0 Å². The second kappa shape index (κ2) is 4.29. The Labute approximate surface area is 97.0 Å². The second-order valence-electron chi connectivity index (χ2n) is 5.20. The van der Waals surface area contributed by atoms with Crippen molar-refractivity contribution in [2.45, 2.75) is 25.7 Å². The van der Waals surface area contributed by atoms with Crippen molar-refractivity contribution in [2.75, 3.05) is 6.61 Å². The van der Waals surface area contributed by atoms with Crippen LogP contribution >= 0.6 is 0 Å². The molecule has 0 bridgehead atoms. The summed E-state index contributed by atoms with van der Waals surface area (Å²) >= 11 is 0. The molecule has 16 heavy (non-hydrogen) atoms. The molecule has 0 saturated heterocycles. The Morgan fingerprint density at radius 2 is 2.12 bits per heavy atom. The molecule has 0 saturated carbocycles. The van der Waals surface area contributed by atoms with Gasteiger partial charge in [-0.2, -0.15) is 4.73 Å². The molecule has 0 unspecified atom stereocenters. The third kappa shape index (κ3) is 2.64. The fraction of sp³-hybridized carbons (Fsp3) is 0.417. The van der Waals surface area contributed by atoms with E-state index in [1.54, 1.807) is 10.9 Å². The molecule has 0 N–H and O–H groups in total. The first-order chi connectivity index (χ1) is 7.56. The highest BCUT2D eigenvalue weighted by atomic mass is 28.3. The van der Waals surface area contributed by atoms with E-state index in [9.17, 15) is 0 Å². The van der Waals surface area contributed by atoms with Crippen LogP contribution in [0.5, 0.6) is 0 Å². The molecule has 0 aliphatic rings. The molecule has 0 radical (unpaired) electrons. The standard InChI is InChI=1S/C12H18N2OSi/c1-16(2,3)10-9-15-14-8-6-11-5-4-7-13-12(11)14/h4-8H,9-10H2,1-3H3. The Bertz CT molecular complexity index is 473. The lowest BCUT2D eigenvalue weighted by molar-refractivity contribution is 0.130. The average Bonchev–Trinajstić information content (AvgIpc) is 2.60. The monoisotopic (exact) mass is 234 g/mol. The van der Waals surface area contributed by atoms with Crippen molar-refractivity contribution in [2.24, 2.45) is 0 Å². The molecule has 0 atom stereocenters. The number of rotatable bonds is 4. The maximum Gasteiger partial charge on any atom is 0.175 e. The zero-order valence-electron chi connectivity index (χ0n) is 10.1. The van der Waals surface area contributed by atoms with E-state index in [0.717, 1.165) is 17.6 Å². The van der Waals surface area contributed by atoms with E-state index < -0.39 is 8.07 Å². The van der Waals surface area contributed by atoms with Gasteiger partial charge in [0.1, 0.15) is 6.61 Å². The number of nitrogens with zero attached hydrogens (tertiary/aromatic N) is 2. The smallest absolute Gasteiger partial charge is 0.175 e. The summed E-state index contributed by atoms with van der Waals surface area (Å²) in [6, 6.07) is 7.17. The summed E-state index contributed by atoms with van der Waals surface area (Å²) in [6.45, 7) is 7.82. The predicted octanol–water partition coefficient (Wildman–Crippen LogP) is 2.80. The predicted molar refractivity (Wildman–Crippen MR) is 69.3 cm³/mol. The van der Waals surface area contributed by atoms with E-state index in [1.165, 1.54) is 6.04 Å². The molecule has 2 rings (SSSR count). The number of aromatic nitrogens is 2. The van der Waals surface area contributed by atoms with Crippen LogP contribution in [0.2, 0.25) is 25.7 Å². The van der Waals surface area contributed by atoms with E-state index in [-0.39, 0.29) is 0 Å². The minimum Gasteiger partial charge on any atom is -0.413 e. The second-order valence-corrected chi connectivity index (χ2v) is 10.8. The van der Waals surface area contributed by atoms with Gasteiger partial charge in [-0.3, -0.25) is 0 Å². The summed E-state index contributed by atoms with van der Waals surface area (Å²) in [4.78, 5) is 10.0. The average molecular weight is 234 g/mol. The Morgan fingerprint density at radius 3 is 2.88 bits per heavy atom. The summed E-state index contributed by atoms with van der Waals surface area (Å²) in [5.74, 6) is 0. The van der Waals surface area contributed by atoms with Crippen LogP contribution in [0.15, 0.2) is 30.6 Å². The van der Waals surface area contributed by atoms with Crippen LogP contribution in [-0.4, -0.2) is 24.4 Å². The molecule has 0 spiro atoms. The van der Waals surface area contributed by atoms with Gasteiger partial charge < -0.3 is 4.84 Å².